The van der Waals surface area contributed by atoms with Crippen LogP contribution in [0.25, 0.3) is 0 Å². The average Bonchev–Trinajstić information content (AvgIpc) is 2.78. The van der Waals surface area contributed by atoms with Crippen molar-refractivity contribution in [2.24, 2.45) is 0 Å². The SMILES string of the molecule is Cc1cccc(CC(=O)NCC2CN(C(C)C)C(=O)O2)c1. The Hall–Kier alpha value is -2.04. The Morgan fingerprint density at radius 1 is 1.48 bits per heavy atom. The quantitative estimate of drug-likeness (QED) is 0.901. The van der Waals surface area contributed by atoms with E-state index >= 15 is 0 Å². The number of ether oxygens (including phenoxy) is 1. The predicted octanol–water partition coefficient (Wildman–Crippen LogP) is 1.88. The van der Waals surface area contributed by atoms with Crippen molar-refractivity contribution in [3.05, 3.63) is 35.4 Å². The highest BCUT2D eigenvalue weighted by Crippen LogP contribution is 2.13. The van der Waals surface area contributed by atoms with Crippen LogP contribution in [-0.4, -0.2) is 42.1 Å². The van der Waals surface area contributed by atoms with Crippen LogP contribution < -0.4 is 5.32 Å². The molecule has 1 heterocycles. The zero-order chi connectivity index (χ0) is 15.4. The lowest BCUT2D eigenvalue weighted by atomic mass is 10.1. The summed E-state index contributed by atoms with van der Waals surface area (Å²) in [4.78, 5) is 25.2. The van der Waals surface area contributed by atoms with E-state index in [4.69, 9.17) is 4.74 Å². The fraction of sp³-hybridized carbons (Fsp3) is 0.500. The largest absolute Gasteiger partial charge is 0.442 e. The van der Waals surface area contributed by atoms with Crippen molar-refractivity contribution in [3.8, 4) is 0 Å². The van der Waals surface area contributed by atoms with Gasteiger partial charge in [-0.3, -0.25) is 4.79 Å². The standard InChI is InChI=1S/C16H22N2O3/c1-11(2)18-10-14(21-16(18)20)9-17-15(19)8-13-6-4-5-12(3)7-13/h4-7,11,14H,8-10H2,1-3H3,(H,17,19). The van der Waals surface area contributed by atoms with Gasteiger partial charge in [0.2, 0.25) is 5.91 Å². The Kier molecular flexibility index (Phi) is 4.83. The van der Waals surface area contributed by atoms with Gasteiger partial charge in [0.25, 0.3) is 0 Å². The molecule has 1 fully saturated rings. The van der Waals surface area contributed by atoms with Gasteiger partial charge in [-0.2, -0.15) is 0 Å². The third kappa shape index (κ3) is 4.21. The van der Waals surface area contributed by atoms with Gasteiger partial charge in [-0.1, -0.05) is 29.8 Å². The van der Waals surface area contributed by atoms with Gasteiger partial charge in [0.05, 0.1) is 19.5 Å². The van der Waals surface area contributed by atoms with Crippen LogP contribution in [-0.2, 0) is 16.0 Å². The van der Waals surface area contributed by atoms with Gasteiger partial charge in [0, 0.05) is 6.04 Å². The van der Waals surface area contributed by atoms with Crippen LogP contribution in [0.4, 0.5) is 4.79 Å². The second-order valence-corrected chi connectivity index (χ2v) is 5.72. The van der Waals surface area contributed by atoms with E-state index in [-0.39, 0.29) is 24.1 Å². The summed E-state index contributed by atoms with van der Waals surface area (Å²) in [5.74, 6) is -0.0559. The van der Waals surface area contributed by atoms with Crippen LogP contribution in [0.1, 0.15) is 25.0 Å². The second kappa shape index (κ2) is 6.61. The topological polar surface area (TPSA) is 58.6 Å². The number of rotatable bonds is 5. The summed E-state index contributed by atoms with van der Waals surface area (Å²) in [6.45, 7) is 6.78. The highest BCUT2D eigenvalue weighted by atomic mass is 16.6. The van der Waals surface area contributed by atoms with Gasteiger partial charge in [0.1, 0.15) is 6.10 Å². The maximum Gasteiger partial charge on any atom is 0.410 e. The first-order valence-corrected chi connectivity index (χ1v) is 7.25. The van der Waals surface area contributed by atoms with E-state index in [2.05, 4.69) is 5.32 Å². The first-order chi connectivity index (χ1) is 9.95. The van der Waals surface area contributed by atoms with Crippen LogP contribution in [0.5, 0.6) is 0 Å². The molecule has 1 aromatic carbocycles. The number of carbonyl (C=O) groups is 2. The number of hydrogen-bond donors (Lipinski definition) is 1. The fourth-order valence-corrected chi connectivity index (χ4v) is 2.37. The first kappa shape index (κ1) is 15.4. The van der Waals surface area contributed by atoms with Crippen molar-refractivity contribution in [1.29, 1.82) is 0 Å². The molecule has 1 aliphatic heterocycles. The van der Waals surface area contributed by atoms with E-state index < -0.39 is 0 Å². The number of hydrogen-bond acceptors (Lipinski definition) is 3. The van der Waals surface area contributed by atoms with Crippen LogP contribution in [0.2, 0.25) is 0 Å². The van der Waals surface area contributed by atoms with Crippen molar-refractivity contribution >= 4 is 12.0 Å². The number of amides is 2. The third-order valence-electron chi connectivity index (χ3n) is 3.50. The molecule has 1 aromatic rings. The summed E-state index contributed by atoms with van der Waals surface area (Å²) in [5, 5.41) is 2.83. The molecule has 1 atom stereocenters. The molecule has 1 aliphatic rings. The average molecular weight is 290 g/mol. The Balaban J connectivity index is 1.79. The molecule has 1 N–H and O–H groups in total. The molecule has 0 radical (unpaired) electrons. The lowest BCUT2D eigenvalue weighted by Gasteiger charge is -2.16. The highest BCUT2D eigenvalue weighted by Gasteiger charge is 2.32. The lowest BCUT2D eigenvalue weighted by molar-refractivity contribution is -0.120. The van der Waals surface area contributed by atoms with E-state index in [0.717, 1.165) is 11.1 Å². The van der Waals surface area contributed by atoms with Gasteiger partial charge in [0.15, 0.2) is 0 Å². The van der Waals surface area contributed by atoms with Crippen molar-refractivity contribution in [2.45, 2.75) is 39.3 Å². The Bertz CT molecular complexity index is 528. The minimum absolute atomic E-state index is 0.0559. The van der Waals surface area contributed by atoms with Gasteiger partial charge in [-0.15, -0.1) is 0 Å². The van der Waals surface area contributed by atoms with Crippen molar-refractivity contribution in [1.82, 2.24) is 10.2 Å². The van der Waals surface area contributed by atoms with Gasteiger partial charge in [-0.05, 0) is 26.3 Å². The summed E-state index contributed by atoms with van der Waals surface area (Å²) in [6, 6.07) is 7.99. The molecular weight excluding hydrogens is 268 g/mol. The molecule has 0 aromatic heterocycles. The van der Waals surface area contributed by atoms with Crippen LogP contribution in [0, 0.1) is 6.92 Å². The zero-order valence-corrected chi connectivity index (χ0v) is 12.8. The molecule has 2 rings (SSSR count). The van der Waals surface area contributed by atoms with Gasteiger partial charge >= 0.3 is 6.09 Å². The van der Waals surface area contributed by atoms with Gasteiger partial charge < -0.3 is 15.0 Å². The van der Waals surface area contributed by atoms with E-state index in [1.54, 1.807) is 4.90 Å². The summed E-state index contributed by atoms with van der Waals surface area (Å²) >= 11 is 0. The van der Waals surface area contributed by atoms with E-state index in [0.29, 0.717) is 19.5 Å². The van der Waals surface area contributed by atoms with Crippen LogP contribution in [0.15, 0.2) is 24.3 Å². The highest BCUT2D eigenvalue weighted by molar-refractivity contribution is 5.78. The molecule has 5 nitrogen and oxygen atoms in total. The normalized spacial score (nSPS) is 18.0. The maximum absolute atomic E-state index is 11.9. The Morgan fingerprint density at radius 3 is 2.86 bits per heavy atom. The lowest BCUT2D eigenvalue weighted by Crippen LogP contribution is -2.36. The molecule has 0 aliphatic carbocycles. The molecule has 5 heteroatoms. The minimum Gasteiger partial charge on any atom is -0.442 e. The number of aryl methyl sites for hydroxylation is 1. The predicted molar refractivity (Wildman–Crippen MR) is 80.0 cm³/mol. The number of benzene rings is 1. The molecular formula is C16H22N2O3. The molecule has 21 heavy (non-hydrogen) atoms. The van der Waals surface area contributed by atoms with E-state index in [9.17, 15) is 9.59 Å². The smallest absolute Gasteiger partial charge is 0.410 e. The first-order valence-electron chi connectivity index (χ1n) is 7.25. The fourth-order valence-electron chi connectivity index (χ4n) is 2.37. The Morgan fingerprint density at radius 2 is 2.24 bits per heavy atom. The van der Waals surface area contributed by atoms with Gasteiger partial charge in [-0.25, -0.2) is 4.79 Å². The number of nitrogens with one attached hydrogen (secondary N) is 1. The monoisotopic (exact) mass is 290 g/mol. The van der Waals surface area contributed by atoms with E-state index in [1.165, 1.54) is 0 Å². The van der Waals surface area contributed by atoms with Crippen LogP contribution in [0.3, 0.4) is 0 Å². The molecule has 1 unspecified atom stereocenters. The molecule has 0 bridgehead atoms. The van der Waals surface area contributed by atoms with Crippen molar-refractivity contribution in [3.63, 3.8) is 0 Å². The third-order valence-corrected chi connectivity index (χ3v) is 3.50. The van der Waals surface area contributed by atoms with Crippen molar-refractivity contribution in [2.75, 3.05) is 13.1 Å². The molecule has 2 amide bonds. The molecule has 1 saturated heterocycles. The minimum atomic E-state index is -0.303. The summed E-state index contributed by atoms with van der Waals surface area (Å²) < 4.78 is 5.23. The number of nitrogens with zero attached hydrogens (tertiary/aromatic N) is 1. The number of cyclic esters (lactones) is 1. The van der Waals surface area contributed by atoms with E-state index in [1.807, 2.05) is 45.0 Å². The van der Waals surface area contributed by atoms with Crippen LogP contribution >= 0.6 is 0 Å². The number of carbonyl (C=O) groups excluding carboxylic acids is 2. The maximum atomic E-state index is 11.9. The molecule has 114 valence electrons. The second-order valence-electron chi connectivity index (χ2n) is 5.72. The van der Waals surface area contributed by atoms with Crippen molar-refractivity contribution < 1.29 is 14.3 Å². The summed E-state index contributed by atoms with van der Waals surface area (Å²) in [7, 11) is 0. The molecule has 0 saturated carbocycles. The summed E-state index contributed by atoms with van der Waals surface area (Å²) in [6.07, 6.45) is -0.222. The zero-order valence-electron chi connectivity index (χ0n) is 12.8. The molecule has 0 spiro atoms. The Labute approximate surface area is 125 Å². The summed E-state index contributed by atoms with van der Waals surface area (Å²) in [5.41, 5.74) is 2.12.